The number of hydrogen-bond donors (Lipinski definition) is 4. The van der Waals surface area contributed by atoms with E-state index in [1.165, 1.54) is 0 Å². The minimum absolute atomic E-state index is 0.0556. The molecule has 1 aliphatic carbocycles. The van der Waals surface area contributed by atoms with E-state index in [2.05, 4.69) is 40.3 Å². The van der Waals surface area contributed by atoms with Gasteiger partial charge in [0.25, 0.3) is 0 Å². The van der Waals surface area contributed by atoms with E-state index in [1.54, 1.807) is 4.90 Å². The van der Waals surface area contributed by atoms with Crippen LogP contribution < -0.4 is 10.6 Å². The summed E-state index contributed by atoms with van der Waals surface area (Å²) in [7, 11) is -1.08. The number of rotatable bonds is 7. The van der Waals surface area contributed by atoms with E-state index < -0.39 is 21.6 Å². The molecule has 0 spiro atoms. The molecule has 2 aliphatic rings. The van der Waals surface area contributed by atoms with Gasteiger partial charge in [0, 0.05) is 5.56 Å². The molecule has 0 radical (unpaired) electrons. The van der Waals surface area contributed by atoms with Crippen molar-refractivity contribution in [1.29, 1.82) is 0 Å². The van der Waals surface area contributed by atoms with E-state index >= 15 is 0 Å². The van der Waals surface area contributed by atoms with Crippen LogP contribution in [0, 0.1) is 0 Å². The number of carbonyl (C=O) groups excluding carboxylic acids is 2. The highest BCUT2D eigenvalue weighted by atomic mass is 32.3. The maximum Gasteiger partial charge on any atom is 0.319 e. The number of fused-ring (bicyclic) bond motifs is 1. The first kappa shape index (κ1) is 24.6. The molecule has 2 aromatic rings. The number of aliphatic hydroxyl groups is 1. The molecule has 34 heavy (non-hydrogen) atoms. The lowest BCUT2D eigenvalue weighted by Crippen LogP contribution is -2.52. The van der Waals surface area contributed by atoms with Crippen molar-refractivity contribution < 1.29 is 14.7 Å². The summed E-state index contributed by atoms with van der Waals surface area (Å²) >= 11 is 0. The highest BCUT2D eigenvalue weighted by Gasteiger charge is 2.52. The molecule has 3 amide bonds. The lowest BCUT2D eigenvalue weighted by atomic mass is 9.83. The number of urea groups is 1. The van der Waals surface area contributed by atoms with Crippen molar-refractivity contribution in [1.82, 2.24) is 20.4 Å². The highest BCUT2D eigenvalue weighted by Crippen LogP contribution is 2.62. The minimum atomic E-state index is -1.08. The van der Waals surface area contributed by atoms with E-state index in [9.17, 15) is 14.7 Å². The quantitative estimate of drug-likeness (QED) is 0.475. The van der Waals surface area contributed by atoms with Gasteiger partial charge in [-0.25, -0.2) is 14.8 Å². The molecule has 9 heteroatoms. The summed E-state index contributed by atoms with van der Waals surface area (Å²) in [6.07, 6.45) is 7.42. The summed E-state index contributed by atoms with van der Waals surface area (Å²) in [4.78, 5) is 28.5. The van der Waals surface area contributed by atoms with Crippen LogP contribution in [0.25, 0.3) is 0 Å². The van der Waals surface area contributed by atoms with Crippen LogP contribution >= 0.6 is 10.0 Å². The number of H-pyrrole nitrogens is 1. The number of amides is 3. The Labute approximate surface area is 203 Å². The van der Waals surface area contributed by atoms with Crippen molar-refractivity contribution in [2.75, 3.05) is 30.2 Å². The summed E-state index contributed by atoms with van der Waals surface area (Å²) < 4.78 is -0.303. The Bertz CT molecular complexity index is 1060. The monoisotopic (exact) mass is 487 g/mol. The van der Waals surface area contributed by atoms with Gasteiger partial charge in [0.05, 0.1) is 35.2 Å². The molecule has 186 valence electrons. The molecule has 1 aromatic carbocycles. The smallest absolute Gasteiger partial charge is 0.319 e. The van der Waals surface area contributed by atoms with Crippen LogP contribution in [0.3, 0.4) is 0 Å². The van der Waals surface area contributed by atoms with Crippen LogP contribution in [0.4, 0.5) is 10.6 Å². The average Bonchev–Trinajstić information content (AvgIpc) is 3.29. The Kier molecular flexibility index (Phi) is 6.46. The second kappa shape index (κ2) is 8.92. The molecule has 4 rings (SSSR count). The first-order valence-electron chi connectivity index (χ1n) is 11.9. The molecule has 1 saturated carbocycles. The fraction of sp³-hybridized carbons (Fsp3) is 0.560. The highest BCUT2D eigenvalue weighted by molar-refractivity contribution is 8.34. The SMILES string of the molecule is CCS(C)(C)C1(C(=O)Nc2n[nH]c3c2CN(C(=O)N[C@H](CO)c2ccccc2)C3(C)C)CCC1. The van der Waals surface area contributed by atoms with Gasteiger partial charge >= 0.3 is 6.03 Å². The van der Waals surface area contributed by atoms with Gasteiger partial charge in [-0.15, -0.1) is 0 Å². The number of nitrogens with zero attached hydrogens (tertiary/aromatic N) is 2. The number of anilines is 1. The van der Waals surface area contributed by atoms with Gasteiger partial charge in [-0.05, 0) is 56.9 Å². The zero-order valence-corrected chi connectivity index (χ0v) is 21.6. The molecule has 4 N–H and O–H groups in total. The second-order valence-electron chi connectivity index (χ2n) is 10.3. The normalized spacial score (nSPS) is 19.6. The molecule has 0 bridgehead atoms. The van der Waals surface area contributed by atoms with Gasteiger partial charge in [0.15, 0.2) is 5.82 Å². The molecule has 0 saturated heterocycles. The van der Waals surface area contributed by atoms with Crippen LogP contribution in [0.1, 0.15) is 62.9 Å². The van der Waals surface area contributed by atoms with E-state index in [0.717, 1.165) is 41.8 Å². The van der Waals surface area contributed by atoms with Crippen LogP contribution in [0.15, 0.2) is 30.3 Å². The maximum absolute atomic E-state index is 13.5. The third-order valence-electron chi connectivity index (χ3n) is 7.98. The summed E-state index contributed by atoms with van der Waals surface area (Å²) in [6, 6.07) is 8.65. The zero-order chi connectivity index (χ0) is 24.7. The summed E-state index contributed by atoms with van der Waals surface area (Å²) in [5.74, 6) is 1.58. The lowest BCUT2D eigenvalue weighted by Gasteiger charge is -2.54. The standard InChI is InChI=1S/C25H37N5O3S/c1-6-34(4,5)25(13-10-14-25)22(32)27-21-18-15-30(24(2,3)20(18)28-29-21)23(33)26-19(16-31)17-11-8-7-9-12-17/h7-9,11-12,19,31H,6,10,13-16H2,1-5H3,(H,26,33)(H2,27,28,29,32)/t19-/m1/s1. The molecular weight excluding hydrogens is 450 g/mol. The molecule has 1 atom stereocenters. The van der Waals surface area contributed by atoms with Gasteiger partial charge in [-0.2, -0.15) is 5.10 Å². The van der Waals surface area contributed by atoms with Gasteiger partial charge < -0.3 is 20.6 Å². The number of aliphatic hydroxyl groups excluding tert-OH is 1. The predicted octanol–water partition coefficient (Wildman–Crippen LogP) is 3.85. The number of nitrogens with one attached hydrogen (secondary N) is 3. The van der Waals surface area contributed by atoms with Crippen molar-refractivity contribution >= 4 is 27.8 Å². The van der Waals surface area contributed by atoms with Crippen LogP contribution in [-0.4, -0.2) is 61.8 Å². The summed E-state index contributed by atoms with van der Waals surface area (Å²) in [5.41, 5.74) is 1.86. The van der Waals surface area contributed by atoms with Gasteiger partial charge in [0.1, 0.15) is 0 Å². The van der Waals surface area contributed by atoms with E-state index in [-0.39, 0.29) is 23.3 Å². The van der Waals surface area contributed by atoms with E-state index in [4.69, 9.17) is 0 Å². The fourth-order valence-electron chi connectivity index (χ4n) is 5.12. The number of hydrogen-bond acceptors (Lipinski definition) is 4. The van der Waals surface area contributed by atoms with Gasteiger partial charge in [-0.3, -0.25) is 9.89 Å². The fourth-order valence-corrected chi connectivity index (χ4v) is 7.62. The number of carbonyl (C=O) groups is 2. The van der Waals surface area contributed by atoms with Crippen LogP contribution in [-0.2, 0) is 16.9 Å². The largest absolute Gasteiger partial charge is 0.394 e. The lowest BCUT2D eigenvalue weighted by molar-refractivity contribution is -0.120. The third kappa shape index (κ3) is 3.88. The van der Waals surface area contributed by atoms with Crippen molar-refractivity contribution in [3.05, 3.63) is 47.2 Å². The Hall–Kier alpha value is -2.52. The molecular formula is C25H37N5O3S. The maximum atomic E-state index is 13.5. The average molecular weight is 488 g/mol. The minimum Gasteiger partial charge on any atom is -0.394 e. The number of aromatic nitrogens is 2. The topological polar surface area (TPSA) is 110 Å². The van der Waals surface area contributed by atoms with Crippen molar-refractivity contribution in [3.8, 4) is 0 Å². The van der Waals surface area contributed by atoms with Gasteiger partial charge in [0.2, 0.25) is 5.91 Å². The van der Waals surface area contributed by atoms with Crippen molar-refractivity contribution in [3.63, 3.8) is 0 Å². The Morgan fingerprint density at radius 3 is 2.47 bits per heavy atom. The molecule has 1 fully saturated rings. The first-order chi connectivity index (χ1) is 16.1. The first-order valence-corrected chi connectivity index (χ1v) is 14.5. The zero-order valence-electron chi connectivity index (χ0n) is 20.8. The van der Waals surface area contributed by atoms with Crippen molar-refractivity contribution in [2.45, 2.75) is 62.9 Å². The molecule has 1 aromatic heterocycles. The van der Waals surface area contributed by atoms with E-state index in [0.29, 0.717) is 12.4 Å². The summed E-state index contributed by atoms with van der Waals surface area (Å²) in [5, 5.41) is 23.5. The predicted molar refractivity (Wildman–Crippen MR) is 137 cm³/mol. The molecule has 0 unspecified atom stereocenters. The third-order valence-corrected chi connectivity index (χ3v) is 12.1. The molecule has 1 aliphatic heterocycles. The van der Waals surface area contributed by atoms with E-state index in [1.807, 2.05) is 44.2 Å². The Morgan fingerprint density at radius 1 is 1.24 bits per heavy atom. The Balaban J connectivity index is 1.52. The summed E-state index contributed by atoms with van der Waals surface area (Å²) in [6.45, 7) is 6.20. The van der Waals surface area contributed by atoms with Crippen LogP contribution in [0.2, 0.25) is 0 Å². The molecule has 8 nitrogen and oxygen atoms in total. The Morgan fingerprint density at radius 2 is 1.91 bits per heavy atom. The molecule has 2 heterocycles. The van der Waals surface area contributed by atoms with Crippen molar-refractivity contribution in [2.24, 2.45) is 0 Å². The second-order valence-corrected chi connectivity index (χ2v) is 14.7. The number of aromatic amines is 1. The number of benzene rings is 1. The van der Waals surface area contributed by atoms with Gasteiger partial charge in [-0.1, -0.05) is 37.3 Å². The van der Waals surface area contributed by atoms with Crippen LogP contribution in [0.5, 0.6) is 0 Å².